The molecule has 0 unspecified atom stereocenters. The second-order valence-electron chi connectivity index (χ2n) is 7.65. The smallest absolute Gasteiger partial charge is 0.261 e. The minimum absolute atomic E-state index is 0.0499. The second kappa shape index (κ2) is 8.47. The summed E-state index contributed by atoms with van der Waals surface area (Å²) in [6.45, 7) is 2.03. The van der Waals surface area contributed by atoms with Crippen molar-refractivity contribution in [1.29, 1.82) is 0 Å². The first kappa shape index (κ1) is 20.4. The molecule has 2 aromatic rings. The van der Waals surface area contributed by atoms with Gasteiger partial charge in [-0.05, 0) is 62.1 Å². The normalized spacial score (nSPS) is 17.3. The van der Waals surface area contributed by atoms with Crippen LogP contribution in [-0.2, 0) is 14.8 Å². The maximum atomic E-state index is 12.9. The van der Waals surface area contributed by atoms with Crippen LogP contribution in [0.15, 0.2) is 53.4 Å². The molecule has 30 heavy (non-hydrogen) atoms. The topological polar surface area (TPSA) is 86.8 Å². The van der Waals surface area contributed by atoms with Crippen molar-refractivity contribution in [2.75, 3.05) is 29.3 Å². The Bertz CT molecular complexity index is 1040. The Labute approximate surface area is 176 Å². The first-order valence-electron chi connectivity index (χ1n) is 10.3. The van der Waals surface area contributed by atoms with Gasteiger partial charge in [0.1, 0.15) is 0 Å². The molecule has 2 aliphatic heterocycles. The summed E-state index contributed by atoms with van der Waals surface area (Å²) >= 11 is 0. The van der Waals surface area contributed by atoms with Crippen molar-refractivity contribution >= 4 is 33.2 Å². The third kappa shape index (κ3) is 4.18. The molecule has 4 rings (SSSR count). The fourth-order valence-corrected chi connectivity index (χ4v) is 5.04. The van der Waals surface area contributed by atoms with E-state index >= 15 is 0 Å². The Kier molecular flexibility index (Phi) is 5.76. The molecule has 0 aliphatic carbocycles. The minimum atomic E-state index is -3.88. The van der Waals surface area contributed by atoms with Gasteiger partial charge in [-0.3, -0.25) is 14.3 Å². The minimum Gasteiger partial charge on any atom is -0.339 e. The van der Waals surface area contributed by atoms with Gasteiger partial charge in [-0.25, -0.2) is 8.42 Å². The number of likely N-dealkylation sites (tertiary alicyclic amines) is 1. The van der Waals surface area contributed by atoms with Gasteiger partial charge in [0.15, 0.2) is 0 Å². The third-order valence-corrected chi connectivity index (χ3v) is 6.96. The van der Waals surface area contributed by atoms with E-state index in [1.807, 2.05) is 0 Å². The number of piperidine rings is 1. The van der Waals surface area contributed by atoms with Gasteiger partial charge in [-0.2, -0.15) is 0 Å². The van der Waals surface area contributed by atoms with Gasteiger partial charge in [0, 0.05) is 31.7 Å². The zero-order valence-corrected chi connectivity index (χ0v) is 17.5. The molecule has 0 bridgehead atoms. The molecule has 0 radical (unpaired) electrons. The van der Waals surface area contributed by atoms with Crippen molar-refractivity contribution in [3.63, 3.8) is 0 Å². The summed E-state index contributed by atoms with van der Waals surface area (Å²) < 4.78 is 28.4. The van der Waals surface area contributed by atoms with Crippen LogP contribution in [0, 0.1) is 0 Å². The number of hydrogen-bond acceptors (Lipinski definition) is 4. The zero-order chi connectivity index (χ0) is 21.1. The summed E-state index contributed by atoms with van der Waals surface area (Å²) in [4.78, 5) is 28.3. The summed E-state index contributed by atoms with van der Waals surface area (Å²) in [5, 5.41) is 0. The predicted octanol–water partition coefficient (Wildman–Crippen LogP) is 3.24. The fraction of sp³-hybridized carbons (Fsp3) is 0.364. The van der Waals surface area contributed by atoms with Crippen LogP contribution >= 0.6 is 0 Å². The number of rotatable bonds is 5. The molecule has 8 heteroatoms. The van der Waals surface area contributed by atoms with Gasteiger partial charge >= 0.3 is 0 Å². The Morgan fingerprint density at radius 3 is 2.23 bits per heavy atom. The summed E-state index contributed by atoms with van der Waals surface area (Å²) in [5.41, 5.74) is 1.31. The van der Waals surface area contributed by atoms with Crippen LogP contribution in [0.3, 0.4) is 0 Å². The van der Waals surface area contributed by atoms with Crippen molar-refractivity contribution in [1.82, 2.24) is 4.90 Å². The molecule has 2 aliphatic rings. The number of para-hydroxylation sites is 1. The van der Waals surface area contributed by atoms with Crippen LogP contribution in [-0.4, -0.2) is 44.8 Å². The Morgan fingerprint density at radius 2 is 1.57 bits per heavy atom. The van der Waals surface area contributed by atoms with E-state index < -0.39 is 10.0 Å². The predicted molar refractivity (Wildman–Crippen MR) is 115 cm³/mol. The highest BCUT2D eigenvalue weighted by molar-refractivity contribution is 7.92. The lowest BCUT2D eigenvalue weighted by molar-refractivity contribution is -0.117. The number of hydrogen-bond donors (Lipinski definition) is 1. The van der Waals surface area contributed by atoms with Crippen molar-refractivity contribution in [2.45, 2.75) is 37.0 Å². The van der Waals surface area contributed by atoms with E-state index in [2.05, 4.69) is 4.72 Å². The highest BCUT2D eigenvalue weighted by atomic mass is 32.2. The van der Waals surface area contributed by atoms with Crippen LogP contribution in [0.2, 0.25) is 0 Å². The van der Waals surface area contributed by atoms with Gasteiger partial charge in [-0.15, -0.1) is 0 Å². The first-order chi connectivity index (χ1) is 14.5. The lowest BCUT2D eigenvalue weighted by atomic mass is 10.1. The number of nitrogens with one attached hydrogen (secondary N) is 1. The number of anilines is 2. The third-order valence-electron chi connectivity index (χ3n) is 5.58. The summed E-state index contributed by atoms with van der Waals surface area (Å²) in [6, 6.07) is 12.9. The Balaban J connectivity index is 1.55. The number of carbonyl (C=O) groups excluding carboxylic acids is 2. The molecule has 2 heterocycles. The molecule has 0 saturated carbocycles. The van der Waals surface area contributed by atoms with Gasteiger partial charge in [0.05, 0.1) is 16.1 Å². The van der Waals surface area contributed by atoms with Crippen molar-refractivity contribution in [3.05, 3.63) is 54.1 Å². The van der Waals surface area contributed by atoms with Crippen molar-refractivity contribution in [2.24, 2.45) is 0 Å². The summed E-state index contributed by atoms with van der Waals surface area (Å²) in [7, 11) is -3.88. The molecule has 0 spiro atoms. The Hall–Kier alpha value is -2.87. The number of carbonyl (C=O) groups is 2. The van der Waals surface area contributed by atoms with E-state index in [0.717, 1.165) is 25.7 Å². The van der Waals surface area contributed by atoms with Crippen LogP contribution < -0.4 is 9.62 Å². The average Bonchev–Trinajstić information content (AvgIpc) is 3.20. The van der Waals surface area contributed by atoms with Crippen molar-refractivity contribution < 1.29 is 18.0 Å². The monoisotopic (exact) mass is 427 g/mol. The number of amides is 2. The lowest BCUT2D eigenvalue weighted by Crippen LogP contribution is -2.36. The summed E-state index contributed by atoms with van der Waals surface area (Å²) in [6.07, 6.45) is 4.36. The van der Waals surface area contributed by atoms with Crippen molar-refractivity contribution in [3.8, 4) is 0 Å². The molecule has 2 saturated heterocycles. The molecule has 7 nitrogen and oxygen atoms in total. The first-order valence-corrected chi connectivity index (χ1v) is 11.8. The van der Waals surface area contributed by atoms with E-state index in [-0.39, 0.29) is 22.4 Å². The molecule has 2 fully saturated rings. The largest absolute Gasteiger partial charge is 0.339 e. The molecule has 2 aromatic carbocycles. The summed E-state index contributed by atoms with van der Waals surface area (Å²) in [5.74, 6) is -0.107. The highest BCUT2D eigenvalue weighted by Crippen LogP contribution is 2.26. The molecule has 0 atom stereocenters. The standard InChI is InChI=1S/C22H25N3O4S/c26-21-9-6-16-25(21)17-10-12-18(13-11-17)30(28,29)23-20-8-3-2-7-19(20)22(27)24-14-4-1-5-15-24/h2-3,7-8,10-13,23H,1,4-6,9,14-16H2. The van der Waals surface area contributed by atoms with Crippen LogP contribution in [0.4, 0.5) is 11.4 Å². The van der Waals surface area contributed by atoms with E-state index in [0.29, 0.717) is 37.3 Å². The van der Waals surface area contributed by atoms with Gasteiger partial charge in [-0.1, -0.05) is 12.1 Å². The zero-order valence-electron chi connectivity index (χ0n) is 16.7. The van der Waals surface area contributed by atoms with E-state index in [1.54, 1.807) is 46.2 Å². The molecular weight excluding hydrogens is 402 g/mol. The van der Waals surface area contributed by atoms with Gasteiger partial charge in [0.25, 0.3) is 15.9 Å². The number of sulfonamides is 1. The maximum absolute atomic E-state index is 12.9. The SMILES string of the molecule is O=C(c1ccccc1NS(=O)(=O)c1ccc(N2CCCC2=O)cc1)N1CCCCC1. The number of nitrogens with zero attached hydrogens (tertiary/aromatic N) is 2. The molecule has 1 N–H and O–H groups in total. The Morgan fingerprint density at radius 1 is 0.867 bits per heavy atom. The van der Waals surface area contributed by atoms with Crippen LogP contribution in [0.25, 0.3) is 0 Å². The van der Waals surface area contributed by atoms with E-state index in [9.17, 15) is 18.0 Å². The molecular formula is C22H25N3O4S. The van der Waals surface area contributed by atoms with Gasteiger partial charge in [0.2, 0.25) is 5.91 Å². The highest BCUT2D eigenvalue weighted by Gasteiger charge is 2.25. The van der Waals surface area contributed by atoms with Crippen LogP contribution in [0.5, 0.6) is 0 Å². The van der Waals surface area contributed by atoms with Crippen LogP contribution in [0.1, 0.15) is 42.5 Å². The number of benzene rings is 2. The second-order valence-corrected chi connectivity index (χ2v) is 9.33. The maximum Gasteiger partial charge on any atom is 0.261 e. The van der Waals surface area contributed by atoms with Gasteiger partial charge < -0.3 is 9.80 Å². The lowest BCUT2D eigenvalue weighted by Gasteiger charge is -2.27. The average molecular weight is 428 g/mol. The fourth-order valence-electron chi connectivity index (χ4n) is 3.96. The molecule has 2 amide bonds. The molecule has 0 aromatic heterocycles. The quantitative estimate of drug-likeness (QED) is 0.794. The molecule has 158 valence electrons. The van der Waals surface area contributed by atoms with E-state index in [1.165, 1.54) is 12.1 Å². The van der Waals surface area contributed by atoms with E-state index in [4.69, 9.17) is 0 Å².